The molecule has 0 radical (unpaired) electrons. The van der Waals surface area contributed by atoms with Crippen molar-refractivity contribution < 1.29 is 19.5 Å². The Labute approximate surface area is 100.0 Å². The van der Waals surface area contributed by atoms with E-state index in [1.807, 2.05) is 6.92 Å². The molecule has 1 heterocycles. The van der Waals surface area contributed by atoms with Gasteiger partial charge < -0.3 is 10.4 Å². The Hall–Kier alpha value is -1.43. The number of carbonyl (C=O) groups is 3. The minimum absolute atomic E-state index is 0.160. The van der Waals surface area contributed by atoms with Gasteiger partial charge in [0.1, 0.15) is 5.54 Å². The highest BCUT2D eigenvalue weighted by molar-refractivity contribution is 6.01. The summed E-state index contributed by atoms with van der Waals surface area (Å²) in [4.78, 5) is 35.0. The van der Waals surface area contributed by atoms with E-state index in [1.165, 1.54) is 0 Å². The Morgan fingerprint density at radius 1 is 1.41 bits per heavy atom. The third kappa shape index (κ3) is 3.03. The van der Waals surface area contributed by atoms with Crippen LogP contribution in [0.15, 0.2) is 0 Å². The first kappa shape index (κ1) is 13.6. The molecule has 1 atom stereocenters. The van der Waals surface area contributed by atoms with Gasteiger partial charge in [0, 0.05) is 19.4 Å². The van der Waals surface area contributed by atoms with Crippen LogP contribution in [0.1, 0.15) is 33.1 Å². The predicted molar refractivity (Wildman–Crippen MR) is 60.3 cm³/mol. The summed E-state index contributed by atoms with van der Waals surface area (Å²) in [5.74, 6) is -1.39. The Morgan fingerprint density at radius 2 is 1.94 bits per heavy atom. The van der Waals surface area contributed by atoms with Crippen LogP contribution in [0.25, 0.3) is 0 Å². The number of carboxylic acids is 1. The van der Waals surface area contributed by atoms with Gasteiger partial charge in [-0.15, -0.1) is 0 Å². The van der Waals surface area contributed by atoms with Crippen LogP contribution in [0.2, 0.25) is 0 Å². The molecule has 2 N–H and O–H groups in total. The number of amides is 2. The molecule has 0 aromatic heterocycles. The van der Waals surface area contributed by atoms with Crippen LogP contribution < -0.4 is 5.32 Å². The van der Waals surface area contributed by atoms with Crippen molar-refractivity contribution in [3.05, 3.63) is 0 Å². The summed E-state index contributed by atoms with van der Waals surface area (Å²) in [5.41, 5.74) is -1.10. The molecule has 0 aliphatic carbocycles. The summed E-state index contributed by atoms with van der Waals surface area (Å²) in [6, 6.07) is 0. The molecule has 0 saturated carbocycles. The molecule has 1 aliphatic rings. The number of likely N-dealkylation sites (tertiary alicyclic amines) is 1. The third-order valence-electron chi connectivity index (χ3n) is 3.03. The van der Waals surface area contributed by atoms with E-state index in [4.69, 9.17) is 5.11 Å². The fourth-order valence-corrected chi connectivity index (χ4v) is 1.87. The Kier molecular flexibility index (Phi) is 4.22. The molecule has 0 aromatic rings. The lowest BCUT2D eigenvalue weighted by atomic mass is 9.97. The first-order valence-electron chi connectivity index (χ1n) is 5.72. The molecule has 1 fully saturated rings. The zero-order valence-corrected chi connectivity index (χ0v) is 10.2. The lowest BCUT2D eigenvalue weighted by Gasteiger charge is -2.27. The van der Waals surface area contributed by atoms with Crippen molar-refractivity contribution in [2.24, 2.45) is 0 Å². The van der Waals surface area contributed by atoms with Crippen molar-refractivity contribution in [1.29, 1.82) is 0 Å². The highest BCUT2D eigenvalue weighted by Crippen LogP contribution is 2.16. The maximum Gasteiger partial charge on any atom is 0.323 e. The van der Waals surface area contributed by atoms with Gasteiger partial charge in [-0.3, -0.25) is 19.3 Å². The molecule has 2 amide bonds. The Balaban J connectivity index is 2.61. The Bertz CT molecular complexity index is 326. The molecule has 0 aromatic carbocycles. The second kappa shape index (κ2) is 5.27. The predicted octanol–water partition coefficient (Wildman–Crippen LogP) is -0.0217. The number of carbonyl (C=O) groups excluding carboxylic acids is 2. The molecule has 0 spiro atoms. The van der Waals surface area contributed by atoms with Crippen LogP contribution in [0, 0.1) is 0 Å². The minimum atomic E-state index is -1.10. The van der Waals surface area contributed by atoms with Gasteiger partial charge >= 0.3 is 5.97 Å². The van der Waals surface area contributed by atoms with Crippen LogP contribution in [0.3, 0.4) is 0 Å². The van der Waals surface area contributed by atoms with E-state index in [2.05, 4.69) is 5.32 Å². The van der Waals surface area contributed by atoms with E-state index in [0.717, 1.165) is 4.90 Å². The number of likely N-dealkylation sites (N-methyl/N-ethyl adjacent to an activating group) is 1. The highest BCUT2D eigenvalue weighted by atomic mass is 16.4. The van der Waals surface area contributed by atoms with Crippen LogP contribution in [0.4, 0.5) is 0 Å². The molecule has 17 heavy (non-hydrogen) atoms. The molecule has 1 unspecified atom stereocenters. The number of rotatable bonds is 6. The maximum absolute atomic E-state index is 11.4. The van der Waals surface area contributed by atoms with Gasteiger partial charge in [0.2, 0.25) is 11.8 Å². The van der Waals surface area contributed by atoms with Gasteiger partial charge in [-0.1, -0.05) is 6.92 Å². The zero-order chi connectivity index (χ0) is 13.1. The van der Waals surface area contributed by atoms with E-state index in [9.17, 15) is 14.4 Å². The van der Waals surface area contributed by atoms with E-state index < -0.39 is 11.5 Å². The third-order valence-corrected chi connectivity index (χ3v) is 3.03. The molecular formula is C11H18N2O4. The number of aliphatic carboxylic acids is 1. The summed E-state index contributed by atoms with van der Waals surface area (Å²) >= 11 is 0. The van der Waals surface area contributed by atoms with Gasteiger partial charge in [-0.2, -0.15) is 0 Å². The van der Waals surface area contributed by atoms with Crippen LogP contribution in [0.5, 0.6) is 0 Å². The van der Waals surface area contributed by atoms with Gasteiger partial charge in [0.25, 0.3) is 0 Å². The standard InChI is InChI=1S/C11H18N2O4/c1-3-12-11(2,10(16)17)6-7-13-8(14)4-5-9(13)15/h12H,3-7H2,1-2H3,(H,16,17). The van der Waals surface area contributed by atoms with E-state index in [0.29, 0.717) is 6.54 Å². The zero-order valence-electron chi connectivity index (χ0n) is 10.2. The van der Waals surface area contributed by atoms with E-state index in [1.54, 1.807) is 6.92 Å². The molecule has 0 bridgehead atoms. The normalized spacial score (nSPS) is 19.5. The first-order valence-corrected chi connectivity index (χ1v) is 5.72. The van der Waals surface area contributed by atoms with Crippen molar-refractivity contribution in [2.45, 2.75) is 38.6 Å². The second-order valence-electron chi connectivity index (χ2n) is 4.36. The van der Waals surface area contributed by atoms with Crippen molar-refractivity contribution in [3.8, 4) is 0 Å². The molecule has 1 rings (SSSR count). The SMILES string of the molecule is CCNC(C)(CCN1C(=O)CCC1=O)C(=O)O. The van der Waals surface area contributed by atoms with E-state index in [-0.39, 0.29) is 37.6 Å². The average Bonchev–Trinajstić information content (AvgIpc) is 2.56. The largest absolute Gasteiger partial charge is 0.480 e. The highest BCUT2D eigenvalue weighted by Gasteiger charge is 2.35. The summed E-state index contributed by atoms with van der Waals surface area (Å²) in [7, 11) is 0. The fourth-order valence-electron chi connectivity index (χ4n) is 1.87. The second-order valence-corrected chi connectivity index (χ2v) is 4.36. The summed E-state index contributed by atoms with van der Waals surface area (Å²) in [6.07, 6.45) is 0.696. The molecule has 6 nitrogen and oxygen atoms in total. The number of hydrogen-bond donors (Lipinski definition) is 2. The smallest absolute Gasteiger partial charge is 0.323 e. The molecular weight excluding hydrogens is 224 g/mol. The van der Waals surface area contributed by atoms with E-state index >= 15 is 0 Å². The summed E-state index contributed by atoms with van der Waals surface area (Å²) < 4.78 is 0. The fraction of sp³-hybridized carbons (Fsp3) is 0.727. The quantitative estimate of drug-likeness (QED) is 0.639. The van der Waals surface area contributed by atoms with Gasteiger partial charge in [0.05, 0.1) is 0 Å². The van der Waals surface area contributed by atoms with Crippen molar-refractivity contribution in [1.82, 2.24) is 10.2 Å². The van der Waals surface area contributed by atoms with Crippen molar-refractivity contribution in [3.63, 3.8) is 0 Å². The van der Waals surface area contributed by atoms with Gasteiger partial charge in [0.15, 0.2) is 0 Å². The lowest BCUT2D eigenvalue weighted by molar-refractivity contribution is -0.146. The average molecular weight is 242 g/mol. The lowest BCUT2D eigenvalue weighted by Crippen LogP contribution is -2.51. The van der Waals surface area contributed by atoms with Gasteiger partial charge in [-0.05, 0) is 19.9 Å². The first-order chi connectivity index (χ1) is 7.90. The number of carboxylic acid groups (broad SMARTS) is 1. The Morgan fingerprint density at radius 3 is 2.35 bits per heavy atom. The topological polar surface area (TPSA) is 86.7 Å². The van der Waals surface area contributed by atoms with Crippen LogP contribution in [-0.4, -0.2) is 46.4 Å². The van der Waals surface area contributed by atoms with Crippen LogP contribution >= 0.6 is 0 Å². The minimum Gasteiger partial charge on any atom is -0.480 e. The van der Waals surface area contributed by atoms with Crippen molar-refractivity contribution in [2.75, 3.05) is 13.1 Å². The van der Waals surface area contributed by atoms with Gasteiger partial charge in [-0.25, -0.2) is 0 Å². The number of nitrogens with zero attached hydrogens (tertiary/aromatic N) is 1. The number of hydrogen-bond acceptors (Lipinski definition) is 4. The molecule has 1 saturated heterocycles. The molecule has 1 aliphatic heterocycles. The van der Waals surface area contributed by atoms with Crippen LogP contribution in [-0.2, 0) is 14.4 Å². The number of nitrogens with one attached hydrogen (secondary N) is 1. The maximum atomic E-state index is 11.4. The number of imide groups is 1. The summed E-state index contributed by atoms with van der Waals surface area (Å²) in [6.45, 7) is 4.05. The summed E-state index contributed by atoms with van der Waals surface area (Å²) in [5, 5.41) is 12.0. The molecule has 6 heteroatoms. The molecule has 96 valence electrons. The monoisotopic (exact) mass is 242 g/mol. The van der Waals surface area contributed by atoms with Crippen molar-refractivity contribution >= 4 is 17.8 Å².